The van der Waals surface area contributed by atoms with Crippen LogP contribution in [0.1, 0.15) is 47.7 Å². The van der Waals surface area contributed by atoms with Crippen molar-refractivity contribution in [3.05, 3.63) is 34.9 Å². The van der Waals surface area contributed by atoms with Gasteiger partial charge in [0.25, 0.3) is 0 Å². The van der Waals surface area contributed by atoms with Gasteiger partial charge in [-0.1, -0.05) is 23.6 Å². The molecule has 0 bridgehead atoms. The van der Waals surface area contributed by atoms with Crippen molar-refractivity contribution < 1.29 is 9.53 Å². The predicted octanol–water partition coefficient (Wildman–Crippen LogP) is 3.33. The number of carbonyl (C=O) groups excluding carboxylic acids is 1. The number of aryl methyl sites for hydroxylation is 2. The maximum Gasteiger partial charge on any atom is 0.338 e. The average molecular weight is 275 g/mol. The van der Waals surface area contributed by atoms with Crippen LogP contribution in [0, 0.1) is 13.8 Å². The number of nitrogens with zero attached hydrogens (tertiary/aromatic N) is 1. The minimum atomic E-state index is -0.207. The molecule has 0 spiro atoms. The summed E-state index contributed by atoms with van der Waals surface area (Å²) < 4.78 is 5.57. The van der Waals surface area contributed by atoms with Crippen LogP contribution in [0.15, 0.2) is 18.2 Å². The molecule has 3 nitrogen and oxygen atoms in total. The van der Waals surface area contributed by atoms with E-state index in [9.17, 15) is 4.79 Å². The van der Waals surface area contributed by atoms with E-state index < -0.39 is 0 Å². The fourth-order valence-corrected chi connectivity index (χ4v) is 2.89. The molecular weight excluding hydrogens is 250 g/mol. The number of benzene rings is 1. The molecule has 1 saturated heterocycles. The molecule has 0 aromatic heterocycles. The van der Waals surface area contributed by atoms with Crippen LogP contribution in [0.25, 0.3) is 0 Å². The molecule has 1 aromatic rings. The molecule has 1 aliphatic rings. The largest absolute Gasteiger partial charge is 0.458 e. The van der Waals surface area contributed by atoms with Gasteiger partial charge < -0.3 is 4.74 Å². The highest BCUT2D eigenvalue weighted by Crippen LogP contribution is 2.13. The zero-order valence-corrected chi connectivity index (χ0v) is 12.8. The molecular formula is C17H25NO2. The number of ether oxygens (including phenoxy) is 1. The summed E-state index contributed by atoms with van der Waals surface area (Å²) in [7, 11) is 0. The highest BCUT2D eigenvalue weighted by Gasteiger charge is 2.17. The maximum absolute atomic E-state index is 12.2. The van der Waals surface area contributed by atoms with Crippen molar-refractivity contribution in [1.82, 2.24) is 4.90 Å². The number of carbonyl (C=O) groups is 1. The van der Waals surface area contributed by atoms with Gasteiger partial charge in [0.15, 0.2) is 0 Å². The summed E-state index contributed by atoms with van der Waals surface area (Å²) in [6.45, 7) is 9.09. The van der Waals surface area contributed by atoms with Crippen molar-refractivity contribution in [3.63, 3.8) is 0 Å². The van der Waals surface area contributed by atoms with Crippen molar-refractivity contribution >= 4 is 5.97 Å². The van der Waals surface area contributed by atoms with E-state index >= 15 is 0 Å². The summed E-state index contributed by atoms with van der Waals surface area (Å²) >= 11 is 0. The summed E-state index contributed by atoms with van der Waals surface area (Å²) in [5.41, 5.74) is 2.86. The van der Waals surface area contributed by atoms with E-state index in [1.54, 1.807) is 0 Å². The van der Waals surface area contributed by atoms with Crippen LogP contribution in [0.3, 0.4) is 0 Å². The topological polar surface area (TPSA) is 29.5 Å². The summed E-state index contributed by atoms with van der Waals surface area (Å²) in [4.78, 5) is 14.6. The Morgan fingerprint density at radius 2 is 1.75 bits per heavy atom. The van der Waals surface area contributed by atoms with E-state index in [1.807, 2.05) is 32.9 Å². The minimum Gasteiger partial charge on any atom is -0.458 e. The summed E-state index contributed by atoms with van der Waals surface area (Å²) in [6, 6.07) is 5.85. The van der Waals surface area contributed by atoms with Gasteiger partial charge in [-0.2, -0.15) is 0 Å². The number of piperidine rings is 1. The second-order valence-corrected chi connectivity index (χ2v) is 5.95. The lowest BCUT2D eigenvalue weighted by Gasteiger charge is -2.28. The SMILES string of the molecule is Cc1cc(C)cc(C(=O)OC(C)CN2CCCCC2)c1. The Hall–Kier alpha value is -1.35. The van der Waals surface area contributed by atoms with Gasteiger partial charge in [0, 0.05) is 6.54 Å². The molecule has 0 amide bonds. The van der Waals surface area contributed by atoms with Crippen molar-refractivity contribution in [1.29, 1.82) is 0 Å². The Bertz CT molecular complexity index is 444. The zero-order valence-electron chi connectivity index (χ0n) is 12.8. The first-order chi connectivity index (χ1) is 9.54. The van der Waals surface area contributed by atoms with Crippen LogP contribution in [-0.2, 0) is 4.74 Å². The molecule has 20 heavy (non-hydrogen) atoms. The first-order valence-corrected chi connectivity index (χ1v) is 7.56. The van der Waals surface area contributed by atoms with Crippen molar-refractivity contribution in [3.8, 4) is 0 Å². The molecule has 0 saturated carbocycles. The van der Waals surface area contributed by atoms with Crippen LogP contribution in [0.4, 0.5) is 0 Å². The van der Waals surface area contributed by atoms with Crippen molar-refractivity contribution in [2.45, 2.75) is 46.1 Å². The number of rotatable bonds is 4. The fourth-order valence-electron chi connectivity index (χ4n) is 2.89. The van der Waals surface area contributed by atoms with E-state index in [1.165, 1.54) is 19.3 Å². The van der Waals surface area contributed by atoms with Crippen molar-refractivity contribution in [2.24, 2.45) is 0 Å². The Balaban J connectivity index is 1.89. The normalized spacial score (nSPS) is 17.8. The highest BCUT2D eigenvalue weighted by molar-refractivity contribution is 5.90. The van der Waals surface area contributed by atoms with E-state index in [-0.39, 0.29) is 12.1 Å². The van der Waals surface area contributed by atoms with Gasteiger partial charge in [-0.05, 0) is 58.8 Å². The summed E-state index contributed by atoms with van der Waals surface area (Å²) in [5, 5.41) is 0. The lowest BCUT2D eigenvalue weighted by Crippen LogP contribution is -2.37. The number of likely N-dealkylation sites (tertiary alicyclic amines) is 1. The van der Waals surface area contributed by atoms with E-state index in [0.29, 0.717) is 5.56 Å². The molecule has 0 radical (unpaired) electrons. The van der Waals surface area contributed by atoms with Gasteiger partial charge >= 0.3 is 5.97 Å². The average Bonchev–Trinajstić information content (AvgIpc) is 2.38. The van der Waals surface area contributed by atoms with Crippen LogP contribution < -0.4 is 0 Å². The molecule has 1 heterocycles. The lowest BCUT2D eigenvalue weighted by molar-refractivity contribution is 0.0235. The fraction of sp³-hybridized carbons (Fsp3) is 0.588. The third kappa shape index (κ3) is 4.34. The first kappa shape index (κ1) is 15.0. The molecule has 3 heteroatoms. The molecule has 1 aromatic carbocycles. The maximum atomic E-state index is 12.2. The molecule has 1 fully saturated rings. The molecule has 1 atom stereocenters. The molecule has 1 aliphatic heterocycles. The monoisotopic (exact) mass is 275 g/mol. The third-order valence-electron chi connectivity index (χ3n) is 3.73. The Labute approximate surface area is 121 Å². The quantitative estimate of drug-likeness (QED) is 0.789. The standard InChI is InChI=1S/C17H25NO2/c1-13-9-14(2)11-16(10-13)17(19)20-15(3)12-18-7-5-4-6-8-18/h9-11,15H,4-8,12H2,1-3H3. The van der Waals surface area contributed by atoms with E-state index in [2.05, 4.69) is 11.0 Å². The number of esters is 1. The predicted molar refractivity (Wildman–Crippen MR) is 81.1 cm³/mol. The first-order valence-electron chi connectivity index (χ1n) is 7.56. The van der Waals surface area contributed by atoms with Crippen LogP contribution in [-0.4, -0.2) is 36.6 Å². The minimum absolute atomic E-state index is 0.0542. The van der Waals surface area contributed by atoms with Gasteiger partial charge in [-0.15, -0.1) is 0 Å². The molecule has 1 unspecified atom stereocenters. The summed E-state index contributed by atoms with van der Waals surface area (Å²) in [6.07, 6.45) is 3.80. The van der Waals surface area contributed by atoms with Gasteiger partial charge in [-0.25, -0.2) is 4.79 Å². The molecule has 0 aliphatic carbocycles. The number of hydrogen-bond donors (Lipinski definition) is 0. The lowest BCUT2D eigenvalue weighted by atomic mass is 10.1. The van der Waals surface area contributed by atoms with Crippen LogP contribution in [0.2, 0.25) is 0 Å². The Morgan fingerprint density at radius 3 is 2.35 bits per heavy atom. The number of hydrogen-bond acceptors (Lipinski definition) is 3. The Morgan fingerprint density at radius 1 is 1.15 bits per heavy atom. The van der Waals surface area contributed by atoms with Crippen LogP contribution in [0.5, 0.6) is 0 Å². The Kier molecular flexibility index (Phi) is 5.18. The second kappa shape index (κ2) is 6.89. The zero-order chi connectivity index (χ0) is 14.5. The summed E-state index contributed by atoms with van der Waals surface area (Å²) in [5.74, 6) is -0.207. The highest BCUT2D eigenvalue weighted by atomic mass is 16.5. The van der Waals surface area contributed by atoms with Gasteiger partial charge in [0.05, 0.1) is 5.56 Å². The van der Waals surface area contributed by atoms with Gasteiger partial charge in [0.1, 0.15) is 6.10 Å². The molecule has 0 N–H and O–H groups in total. The molecule has 110 valence electrons. The molecule has 2 rings (SSSR count). The smallest absolute Gasteiger partial charge is 0.338 e. The van der Waals surface area contributed by atoms with Crippen LogP contribution >= 0.6 is 0 Å². The van der Waals surface area contributed by atoms with E-state index in [0.717, 1.165) is 30.8 Å². The third-order valence-corrected chi connectivity index (χ3v) is 3.73. The van der Waals surface area contributed by atoms with Gasteiger partial charge in [0.2, 0.25) is 0 Å². The van der Waals surface area contributed by atoms with E-state index in [4.69, 9.17) is 4.74 Å². The van der Waals surface area contributed by atoms with Gasteiger partial charge in [-0.3, -0.25) is 4.90 Å². The van der Waals surface area contributed by atoms with Crippen molar-refractivity contribution in [2.75, 3.05) is 19.6 Å². The second-order valence-electron chi connectivity index (χ2n) is 5.95.